The van der Waals surface area contributed by atoms with Gasteiger partial charge in [-0.3, -0.25) is 9.78 Å². The molecule has 5 heteroatoms. The molecule has 3 aromatic rings. The van der Waals surface area contributed by atoms with Gasteiger partial charge < -0.3 is 5.32 Å². The molecule has 1 amide bonds. The lowest BCUT2D eigenvalue weighted by Crippen LogP contribution is -2.24. The zero-order chi connectivity index (χ0) is 18.1. The molecule has 0 saturated heterocycles. The van der Waals surface area contributed by atoms with E-state index in [1.807, 2.05) is 41.9 Å². The summed E-state index contributed by atoms with van der Waals surface area (Å²) in [5.74, 6) is 0.324. The molecule has 1 fully saturated rings. The number of nitrogens with one attached hydrogen (secondary N) is 1. The maximum Gasteiger partial charge on any atom is 0.255 e. The second-order valence-corrected chi connectivity index (χ2v) is 6.87. The van der Waals surface area contributed by atoms with Crippen LogP contribution in [0.15, 0.2) is 48.7 Å². The van der Waals surface area contributed by atoms with Gasteiger partial charge in [-0.1, -0.05) is 23.8 Å². The SMILES string of the molecule is Cc1ccc(-n2nc(C3CC3)c(C(=O)NCc3ccccn3)c2C)cc1. The van der Waals surface area contributed by atoms with Gasteiger partial charge in [0.2, 0.25) is 0 Å². The van der Waals surface area contributed by atoms with E-state index >= 15 is 0 Å². The minimum absolute atomic E-state index is 0.0755. The van der Waals surface area contributed by atoms with Crippen molar-refractivity contribution >= 4 is 5.91 Å². The predicted octanol–water partition coefficient (Wildman–Crippen LogP) is 3.69. The van der Waals surface area contributed by atoms with Gasteiger partial charge in [-0.2, -0.15) is 5.10 Å². The van der Waals surface area contributed by atoms with Gasteiger partial charge in [0.15, 0.2) is 0 Å². The van der Waals surface area contributed by atoms with Crippen LogP contribution in [0, 0.1) is 13.8 Å². The van der Waals surface area contributed by atoms with Crippen molar-refractivity contribution in [3.8, 4) is 5.69 Å². The Bertz CT molecular complexity index is 925. The van der Waals surface area contributed by atoms with Crippen LogP contribution in [0.4, 0.5) is 0 Å². The third kappa shape index (κ3) is 3.25. The monoisotopic (exact) mass is 346 g/mol. The lowest BCUT2D eigenvalue weighted by Gasteiger charge is -2.07. The minimum Gasteiger partial charge on any atom is -0.346 e. The van der Waals surface area contributed by atoms with Crippen molar-refractivity contribution in [1.29, 1.82) is 0 Å². The first-order valence-electron chi connectivity index (χ1n) is 8.98. The molecule has 0 aliphatic heterocycles. The van der Waals surface area contributed by atoms with Crippen LogP contribution in [0.25, 0.3) is 5.69 Å². The summed E-state index contributed by atoms with van der Waals surface area (Å²) in [7, 11) is 0. The summed E-state index contributed by atoms with van der Waals surface area (Å²) < 4.78 is 1.89. The summed E-state index contributed by atoms with van der Waals surface area (Å²) in [4.78, 5) is 17.2. The van der Waals surface area contributed by atoms with Crippen molar-refractivity contribution in [3.05, 3.63) is 76.9 Å². The molecular weight excluding hydrogens is 324 g/mol. The number of rotatable bonds is 5. The molecule has 1 saturated carbocycles. The van der Waals surface area contributed by atoms with Crippen LogP contribution in [0.2, 0.25) is 0 Å². The number of nitrogens with zero attached hydrogens (tertiary/aromatic N) is 3. The number of carbonyl (C=O) groups is 1. The van der Waals surface area contributed by atoms with E-state index in [-0.39, 0.29) is 5.91 Å². The van der Waals surface area contributed by atoms with E-state index in [0.717, 1.165) is 35.6 Å². The zero-order valence-corrected chi connectivity index (χ0v) is 15.1. The number of pyridine rings is 1. The number of aryl methyl sites for hydroxylation is 1. The molecule has 0 atom stereocenters. The Hall–Kier alpha value is -2.95. The topological polar surface area (TPSA) is 59.8 Å². The molecule has 0 unspecified atom stereocenters. The van der Waals surface area contributed by atoms with E-state index in [9.17, 15) is 4.79 Å². The van der Waals surface area contributed by atoms with E-state index in [4.69, 9.17) is 5.10 Å². The van der Waals surface area contributed by atoms with Crippen LogP contribution in [0.5, 0.6) is 0 Å². The third-order valence-corrected chi connectivity index (χ3v) is 4.77. The van der Waals surface area contributed by atoms with Crippen molar-refractivity contribution in [2.45, 2.75) is 39.2 Å². The van der Waals surface area contributed by atoms with Gasteiger partial charge in [-0.25, -0.2) is 4.68 Å². The number of carbonyl (C=O) groups excluding carboxylic acids is 1. The summed E-state index contributed by atoms with van der Waals surface area (Å²) >= 11 is 0. The molecule has 1 aliphatic carbocycles. The van der Waals surface area contributed by atoms with Crippen LogP contribution in [-0.2, 0) is 6.54 Å². The third-order valence-electron chi connectivity index (χ3n) is 4.77. The van der Waals surface area contributed by atoms with Crippen molar-refractivity contribution in [3.63, 3.8) is 0 Å². The summed E-state index contributed by atoms with van der Waals surface area (Å²) in [6.45, 7) is 4.44. The Morgan fingerprint density at radius 1 is 1.15 bits per heavy atom. The molecule has 0 radical (unpaired) electrons. The van der Waals surface area contributed by atoms with Gasteiger partial charge in [-0.05, 0) is 51.0 Å². The molecule has 4 rings (SSSR count). The van der Waals surface area contributed by atoms with Gasteiger partial charge in [0.25, 0.3) is 5.91 Å². The Morgan fingerprint density at radius 3 is 2.58 bits per heavy atom. The molecule has 132 valence electrons. The zero-order valence-electron chi connectivity index (χ0n) is 15.1. The standard InChI is InChI=1S/C21H22N4O/c1-14-6-10-18(11-7-14)25-15(2)19(20(24-25)16-8-9-16)21(26)23-13-17-5-3-4-12-22-17/h3-7,10-12,16H,8-9,13H2,1-2H3,(H,23,26). The van der Waals surface area contributed by atoms with E-state index in [0.29, 0.717) is 18.0 Å². The van der Waals surface area contributed by atoms with E-state index in [1.54, 1.807) is 6.20 Å². The Labute approximate surface area is 153 Å². The number of hydrogen-bond acceptors (Lipinski definition) is 3. The summed E-state index contributed by atoms with van der Waals surface area (Å²) in [6.07, 6.45) is 3.94. The van der Waals surface area contributed by atoms with Crippen molar-refractivity contribution in [2.24, 2.45) is 0 Å². The summed E-state index contributed by atoms with van der Waals surface area (Å²) in [6, 6.07) is 13.9. The minimum atomic E-state index is -0.0755. The first-order chi connectivity index (χ1) is 12.6. The number of amides is 1. The number of benzene rings is 1. The molecule has 2 heterocycles. The van der Waals surface area contributed by atoms with Crippen molar-refractivity contribution in [1.82, 2.24) is 20.1 Å². The maximum absolute atomic E-state index is 12.9. The maximum atomic E-state index is 12.9. The highest BCUT2D eigenvalue weighted by Gasteiger charge is 2.33. The lowest BCUT2D eigenvalue weighted by molar-refractivity contribution is 0.0949. The van der Waals surface area contributed by atoms with Gasteiger partial charge in [0.1, 0.15) is 0 Å². The molecule has 2 aromatic heterocycles. The number of aromatic nitrogens is 3. The van der Waals surface area contributed by atoms with Crippen LogP contribution < -0.4 is 5.32 Å². The fourth-order valence-corrected chi connectivity index (χ4v) is 3.15. The second-order valence-electron chi connectivity index (χ2n) is 6.87. The molecule has 1 N–H and O–H groups in total. The van der Waals surface area contributed by atoms with Crippen LogP contribution in [0.3, 0.4) is 0 Å². The largest absolute Gasteiger partial charge is 0.346 e. The molecule has 1 aromatic carbocycles. The highest BCUT2D eigenvalue weighted by molar-refractivity contribution is 5.96. The average Bonchev–Trinajstić information content (AvgIpc) is 3.45. The fraction of sp³-hybridized carbons (Fsp3) is 0.286. The number of hydrogen-bond donors (Lipinski definition) is 1. The normalized spacial score (nSPS) is 13.6. The van der Waals surface area contributed by atoms with E-state index in [1.165, 1.54) is 5.56 Å². The first-order valence-corrected chi connectivity index (χ1v) is 8.98. The molecule has 0 spiro atoms. The predicted molar refractivity (Wildman–Crippen MR) is 100 cm³/mol. The van der Waals surface area contributed by atoms with Gasteiger partial charge >= 0.3 is 0 Å². The molecule has 5 nitrogen and oxygen atoms in total. The quantitative estimate of drug-likeness (QED) is 0.766. The van der Waals surface area contributed by atoms with Gasteiger partial charge in [0, 0.05) is 12.1 Å². The van der Waals surface area contributed by atoms with Crippen molar-refractivity contribution < 1.29 is 4.79 Å². The van der Waals surface area contributed by atoms with Crippen LogP contribution >= 0.6 is 0 Å². The van der Waals surface area contributed by atoms with Gasteiger partial charge in [-0.15, -0.1) is 0 Å². The van der Waals surface area contributed by atoms with E-state index < -0.39 is 0 Å². The molecule has 26 heavy (non-hydrogen) atoms. The lowest BCUT2D eigenvalue weighted by atomic mass is 10.1. The molecular formula is C21H22N4O. The van der Waals surface area contributed by atoms with Crippen LogP contribution in [0.1, 0.15) is 51.8 Å². The van der Waals surface area contributed by atoms with Gasteiger partial charge in [0.05, 0.1) is 34.9 Å². The summed E-state index contributed by atoms with van der Waals surface area (Å²) in [5, 5.41) is 7.79. The average molecular weight is 346 g/mol. The Morgan fingerprint density at radius 2 is 1.92 bits per heavy atom. The highest BCUT2D eigenvalue weighted by atomic mass is 16.1. The molecule has 0 bridgehead atoms. The summed E-state index contributed by atoms with van der Waals surface area (Å²) in [5.41, 5.74) is 5.55. The highest BCUT2D eigenvalue weighted by Crippen LogP contribution is 2.42. The molecule has 1 aliphatic rings. The first kappa shape index (κ1) is 16.5. The Kier molecular flexibility index (Phi) is 4.29. The fourth-order valence-electron chi connectivity index (χ4n) is 3.15. The van der Waals surface area contributed by atoms with Crippen molar-refractivity contribution in [2.75, 3.05) is 0 Å². The van der Waals surface area contributed by atoms with E-state index in [2.05, 4.69) is 29.4 Å². The second kappa shape index (κ2) is 6.75. The van der Waals surface area contributed by atoms with Crippen LogP contribution in [-0.4, -0.2) is 20.7 Å². The smallest absolute Gasteiger partial charge is 0.255 e. The Balaban J connectivity index is 1.64.